The average Bonchev–Trinajstić information content (AvgIpc) is 2.19. The maximum absolute atomic E-state index is 5.69. The molecular weight excluding hydrogens is 164 g/mol. The monoisotopic (exact) mass is 186 g/mol. The summed E-state index contributed by atoms with van der Waals surface area (Å²) in [7, 11) is 2.00. The highest BCUT2D eigenvalue weighted by Crippen LogP contribution is 2.09. The number of hydrogen-bond acceptors (Lipinski definition) is 3. The fourth-order valence-electron chi connectivity index (χ4n) is 1.75. The summed E-state index contributed by atoms with van der Waals surface area (Å²) in [6.07, 6.45) is 2.89. The van der Waals surface area contributed by atoms with Gasteiger partial charge in [0.15, 0.2) is 0 Å². The van der Waals surface area contributed by atoms with E-state index in [-0.39, 0.29) is 0 Å². The van der Waals surface area contributed by atoms with Gasteiger partial charge in [0, 0.05) is 13.1 Å². The summed E-state index contributed by atoms with van der Waals surface area (Å²) in [6.45, 7) is 7.63. The second-order valence-corrected chi connectivity index (χ2v) is 3.63. The molecule has 1 saturated heterocycles. The van der Waals surface area contributed by atoms with E-state index in [0.717, 1.165) is 32.8 Å². The predicted molar refractivity (Wildman–Crippen MR) is 55.0 cm³/mol. The zero-order chi connectivity index (χ0) is 9.52. The van der Waals surface area contributed by atoms with Gasteiger partial charge < -0.3 is 10.1 Å². The topological polar surface area (TPSA) is 24.5 Å². The molecule has 1 heterocycles. The van der Waals surface area contributed by atoms with E-state index in [1.165, 1.54) is 12.8 Å². The van der Waals surface area contributed by atoms with E-state index in [0.29, 0.717) is 6.10 Å². The van der Waals surface area contributed by atoms with Crippen LogP contribution in [0.2, 0.25) is 0 Å². The second-order valence-electron chi connectivity index (χ2n) is 3.63. The number of morpholine rings is 1. The lowest BCUT2D eigenvalue weighted by atomic mass is 10.1. The van der Waals surface area contributed by atoms with Gasteiger partial charge in [-0.15, -0.1) is 0 Å². The molecule has 1 fully saturated rings. The largest absolute Gasteiger partial charge is 0.376 e. The fraction of sp³-hybridized carbons (Fsp3) is 1.00. The number of nitrogens with zero attached hydrogens (tertiary/aromatic N) is 1. The molecule has 3 heteroatoms. The molecule has 0 aromatic carbocycles. The van der Waals surface area contributed by atoms with Crippen molar-refractivity contribution in [3.8, 4) is 0 Å². The predicted octanol–water partition coefficient (Wildman–Crippen LogP) is 0.707. The smallest absolute Gasteiger partial charge is 0.0703 e. The first-order valence-electron chi connectivity index (χ1n) is 5.35. The van der Waals surface area contributed by atoms with Crippen LogP contribution in [0.4, 0.5) is 0 Å². The van der Waals surface area contributed by atoms with Crippen LogP contribution < -0.4 is 5.32 Å². The maximum atomic E-state index is 5.69. The molecule has 1 rings (SSSR count). The van der Waals surface area contributed by atoms with Crippen molar-refractivity contribution in [2.45, 2.75) is 25.9 Å². The summed E-state index contributed by atoms with van der Waals surface area (Å²) in [5.41, 5.74) is 0. The third kappa shape index (κ3) is 4.07. The number of nitrogens with one attached hydrogen (secondary N) is 1. The molecule has 78 valence electrons. The third-order valence-corrected chi connectivity index (χ3v) is 2.62. The van der Waals surface area contributed by atoms with Crippen molar-refractivity contribution < 1.29 is 4.74 Å². The zero-order valence-corrected chi connectivity index (χ0v) is 8.88. The highest BCUT2D eigenvalue weighted by Gasteiger charge is 2.18. The third-order valence-electron chi connectivity index (χ3n) is 2.62. The highest BCUT2D eigenvalue weighted by molar-refractivity contribution is 4.70. The van der Waals surface area contributed by atoms with E-state index < -0.39 is 0 Å². The fourth-order valence-corrected chi connectivity index (χ4v) is 1.75. The van der Waals surface area contributed by atoms with Gasteiger partial charge in [-0.1, -0.05) is 6.92 Å². The minimum atomic E-state index is 0.474. The number of likely N-dealkylation sites (N-methyl/N-ethyl adjacent to an activating group) is 1. The molecule has 13 heavy (non-hydrogen) atoms. The molecule has 0 aromatic heterocycles. The van der Waals surface area contributed by atoms with Crippen molar-refractivity contribution in [2.75, 3.05) is 39.8 Å². The van der Waals surface area contributed by atoms with Crippen LogP contribution in [-0.4, -0.2) is 50.8 Å². The zero-order valence-electron chi connectivity index (χ0n) is 8.88. The van der Waals surface area contributed by atoms with Crippen molar-refractivity contribution in [3.63, 3.8) is 0 Å². The van der Waals surface area contributed by atoms with Crippen molar-refractivity contribution in [1.82, 2.24) is 10.2 Å². The molecule has 0 spiro atoms. The Kier molecular flexibility index (Phi) is 5.35. The van der Waals surface area contributed by atoms with Crippen LogP contribution in [0.5, 0.6) is 0 Å². The van der Waals surface area contributed by atoms with Crippen LogP contribution in [0.1, 0.15) is 19.8 Å². The van der Waals surface area contributed by atoms with Crippen molar-refractivity contribution in [2.24, 2.45) is 0 Å². The molecule has 0 amide bonds. The van der Waals surface area contributed by atoms with Gasteiger partial charge in [-0.2, -0.15) is 0 Å². The van der Waals surface area contributed by atoms with E-state index in [4.69, 9.17) is 4.74 Å². The van der Waals surface area contributed by atoms with E-state index >= 15 is 0 Å². The highest BCUT2D eigenvalue weighted by atomic mass is 16.5. The van der Waals surface area contributed by atoms with Crippen LogP contribution >= 0.6 is 0 Å². The van der Waals surface area contributed by atoms with Gasteiger partial charge in [0.05, 0.1) is 12.7 Å². The molecule has 0 aromatic rings. The lowest BCUT2D eigenvalue weighted by Gasteiger charge is -2.32. The average molecular weight is 186 g/mol. The van der Waals surface area contributed by atoms with E-state index in [2.05, 4.69) is 17.1 Å². The van der Waals surface area contributed by atoms with E-state index in [9.17, 15) is 0 Å². The molecule has 0 saturated carbocycles. The molecule has 0 bridgehead atoms. The van der Waals surface area contributed by atoms with Gasteiger partial charge in [-0.25, -0.2) is 0 Å². The number of rotatable bonds is 5. The van der Waals surface area contributed by atoms with Gasteiger partial charge in [0.2, 0.25) is 0 Å². The molecule has 0 aliphatic carbocycles. The lowest BCUT2D eigenvalue weighted by molar-refractivity contribution is -0.0308. The lowest BCUT2D eigenvalue weighted by Crippen LogP contribution is -2.42. The van der Waals surface area contributed by atoms with Crippen LogP contribution in [0.3, 0.4) is 0 Å². The maximum Gasteiger partial charge on any atom is 0.0703 e. The summed E-state index contributed by atoms with van der Waals surface area (Å²) in [5, 5.41) is 3.16. The Labute approximate surface area is 81.4 Å². The SMILES string of the molecule is CCN1CCO[C@@H](CCCNC)C1. The summed E-state index contributed by atoms with van der Waals surface area (Å²) in [5.74, 6) is 0. The molecule has 0 radical (unpaired) electrons. The minimum absolute atomic E-state index is 0.474. The van der Waals surface area contributed by atoms with Crippen molar-refractivity contribution >= 4 is 0 Å². The molecule has 1 aliphatic rings. The first-order chi connectivity index (χ1) is 6.36. The van der Waals surface area contributed by atoms with E-state index in [1.807, 2.05) is 7.05 Å². The van der Waals surface area contributed by atoms with Gasteiger partial charge in [-0.05, 0) is 33.0 Å². The Hall–Kier alpha value is -0.120. The Morgan fingerprint density at radius 1 is 1.54 bits per heavy atom. The summed E-state index contributed by atoms with van der Waals surface area (Å²) in [4.78, 5) is 2.47. The standard InChI is InChI=1S/C10H22N2O/c1-3-12-7-8-13-10(9-12)5-4-6-11-2/h10-11H,3-9H2,1-2H3/t10-/m0/s1. The molecular formula is C10H22N2O. The van der Waals surface area contributed by atoms with Crippen LogP contribution in [0.15, 0.2) is 0 Å². The van der Waals surface area contributed by atoms with Gasteiger partial charge >= 0.3 is 0 Å². The minimum Gasteiger partial charge on any atom is -0.376 e. The second kappa shape index (κ2) is 6.35. The summed E-state index contributed by atoms with van der Waals surface area (Å²) < 4.78 is 5.69. The first kappa shape index (κ1) is 11.0. The van der Waals surface area contributed by atoms with Gasteiger partial charge in [-0.3, -0.25) is 4.90 Å². The Morgan fingerprint density at radius 2 is 2.38 bits per heavy atom. The molecule has 0 unspecified atom stereocenters. The molecule has 1 aliphatic heterocycles. The van der Waals surface area contributed by atoms with Crippen LogP contribution in [0.25, 0.3) is 0 Å². The van der Waals surface area contributed by atoms with Gasteiger partial charge in [0.25, 0.3) is 0 Å². The normalized spacial score (nSPS) is 24.9. The molecule has 1 atom stereocenters. The molecule has 3 nitrogen and oxygen atoms in total. The number of ether oxygens (including phenoxy) is 1. The molecule has 1 N–H and O–H groups in total. The van der Waals surface area contributed by atoms with Crippen molar-refractivity contribution in [1.29, 1.82) is 0 Å². The Balaban J connectivity index is 2.11. The Morgan fingerprint density at radius 3 is 3.08 bits per heavy atom. The van der Waals surface area contributed by atoms with E-state index in [1.54, 1.807) is 0 Å². The van der Waals surface area contributed by atoms with Crippen LogP contribution in [0, 0.1) is 0 Å². The summed E-state index contributed by atoms with van der Waals surface area (Å²) in [6, 6.07) is 0. The Bertz CT molecular complexity index is 130. The van der Waals surface area contributed by atoms with Gasteiger partial charge in [0.1, 0.15) is 0 Å². The van der Waals surface area contributed by atoms with Crippen LogP contribution in [-0.2, 0) is 4.74 Å². The quantitative estimate of drug-likeness (QED) is 0.640. The summed E-state index contributed by atoms with van der Waals surface area (Å²) >= 11 is 0. The first-order valence-corrected chi connectivity index (χ1v) is 5.35. The number of hydrogen-bond donors (Lipinski definition) is 1. The van der Waals surface area contributed by atoms with Crippen molar-refractivity contribution in [3.05, 3.63) is 0 Å².